The molecule has 1 amide bonds. The van der Waals surface area contributed by atoms with Crippen LogP contribution in [0.5, 0.6) is 0 Å². The number of likely N-dealkylation sites (tertiary alicyclic amines) is 1. The van der Waals surface area contributed by atoms with Crippen molar-refractivity contribution in [1.82, 2.24) is 14.1 Å². The van der Waals surface area contributed by atoms with Crippen LogP contribution in [-0.4, -0.2) is 98.0 Å². The fraction of sp³-hybridized carbons (Fsp3) is 0.514. The normalized spacial score (nSPS) is 22.8. The average Bonchev–Trinajstić information content (AvgIpc) is 3.71. The van der Waals surface area contributed by atoms with Gasteiger partial charge in [-0.25, -0.2) is 17.1 Å². The molecule has 1 aromatic heterocycles. The van der Waals surface area contributed by atoms with Crippen LogP contribution in [0.2, 0.25) is 5.02 Å². The van der Waals surface area contributed by atoms with Crippen molar-refractivity contribution < 1.29 is 36.3 Å². The van der Waals surface area contributed by atoms with E-state index >= 15 is 4.39 Å². The molecule has 49 heavy (non-hydrogen) atoms. The Kier molecular flexibility index (Phi) is 10.9. The number of halogens is 2. The molecule has 2 saturated heterocycles. The van der Waals surface area contributed by atoms with Gasteiger partial charge >= 0.3 is 0 Å². The molecule has 14 heteroatoms. The fourth-order valence-corrected chi connectivity index (χ4v) is 8.45. The van der Waals surface area contributed by atoms with E-state index in [-0.39, 0.29) is 59.2 Å². The van der Waals surface area contributed by atoms with Gasteiger partial charge in [0.25, 0.3) is 5.91 Å². The summed E-state index contributed by atoms with van der Waals surface area (Å²) in [4.78, 5) is 43.4. The van der Waals surface area contributed by atoms with Gasteiger partial charge in [-0.1, -0.05) is 29.8 Å². The molecule has 1 saturated carbocycles. The first-order chi connectivity index (χ1) is 23.5. The number of carbonyl (C=O) groups is 3. The van der Waals surface area contributed by atoms with Crippen LogP contribution in [0.1, 0.15) is 60.9 Å². The number of ketones is 1. The lowest BCUT2D eigenvalue weighted by atomic mass is 9.88. The number of Topliss-reactive ketones (excluding diaryl/α,β-unsaturated/α-hetero) is 1. The summed E-state index contributed by atoms with van der Waals surface area (Å²) < 4.78 is 54.6. The summed E-state index contributed by atoms with van der Waals surface area (Å²) in [5.41, 5.74) is 0.903. The first-order valence-electron chi connectivity index (χ1n) is 16.9. The van der Waals surface area contributed by atoms with Crippen LogP contribution in [-0.2, 0) is 30.8 Å². The highest BCUT2D eigenvalue weighted by molar-refractivity contribution is 7.88. The van der Waals surface area contributed by atoms with E-state index < -0.39 is 27.6 Å². The Morgan fingerprint density at radius 1 is 1.02 bits per heavy atom. The minimum Gasteiger partial charge on any atom is -0.463 e. The number of ether oxygens (including phenoxy) is 1. The second-order valence-corrected chi connectivity index (χ2v) is 15.6. The van der Waals surface area contributed by atoms with Crippen molar-refractivity contribution in [2.24, 2.45) is 5.92 Å². The first-order valence-corrected chi connectivity index (χ1v) is 19.1. The monoisotopic (exact) mass is 716 g/mol. The van der Waals surface area contributed by atoms with Crippen LogP contribution >= 0.6 is 11.6 Å². The van der Waals surface area contributed by atoms with Crippen molar-refractivity contribution in [2.75, 3.05) is 50.8 Å². The van der Waals surface area contributed by atoms with Gasteiger partial charge in [0.05, 0.1) is 28.6 Å². The van der Waals surface area contributed by atoms with Crippen molar-refractivity contribution in [3.8, 4) is 0 Å². The third kappa shape index (κ3) is 7.62. The molecule has 11 nitrogen and oxygen atoms in total. The lowest BCUT2D eigenvalue weighted by Gasteiger charge is -2.49. The summed E-state index contributed by atoms with van der Waals surface area (Å²) >= 11 is 6.60. The number of benzene rings is 2. The summed E-state index contributed by atoms with van der Waals surface area (Å²) in [6.07, 6.45) is 7.47. The topological polar surface area (TPSA) is 129 Å². The maximum absolute atomic E-state index is 15.9. The number of hydrogen-bond acceptors (Lipinski definition) is 9. The third-order valence-electron chi connectivity index (χ3n) is 9.95. The van der Waals surface area contributed by atoms with E-state index in [9.17, 15) is 22.8 Å². The summed E-state index contributed by atoms with van der Waals surface area (Å²) in [7, 11) is -3.46. The Balaban J connectivity index is 1.30. The third-order valence-corrected chi connectivity index (χ3v) is 11.6. The lowest BCUT2D eigenvalue weighted by molar-refractivity contribution is -0.255. The molecule has 1 atom stereocenters. The molecule has 3 aromatic rings. The maximum Gasteiger partial charge on any atom is 0.259 e. The summed E-state index contributed by atoms with van der Waals surface area (Å²) in [6.45, 7) is 2.31. The van der Waals surface area contributed by atoms with Crippen LogP contribution in [0.15, 0.2) is 47.1 Å². The molecule has 3 aliphatic rings. The first kappa shape index (κ1) is 35.6. The van der Waals surface area contributed by atoms with Gasteiger partial charge in [-0.15, -0.1) is 0 Å². The number of aldehydes is 1. The molecule has 0 bridgehead atoms. The smallest absolute Gasteiger partial charge is 0.259 e. The zero-order valence-corrected chi connectivity index (χ0v) is 29.1. The number of anilines is 1. The number of fused-ring (bicyclic) bond motifs is 1. The quantitative estimate of drug-likeness (QED) is 0.270. The van der Waals surface area contributed by atoms with Gasteiger partial charge in [-0.05, 0) is 68.7 Å². The van der Waals surface area contributed by atoms with Crippen molar-refractivity contribution in [3.63, 3.8) is 0 Å². The van der Waals surface area contributed by atoms with Crippen molar-refractivity contribution in [1.29, 1.82) is 0 Å². The summed E-state index contributed by atoms with van der Waals surface area (Å²) in [5, 5.41) is 3.32. The number of sulfonamides is 1. The van der Waals surface area contributed by atoms with Gasteiger partial charge in [0.1, 0.15) is 23.9 Å². The minimum absolute atomic E-state index is 0.0474. The Hall–Kier alpha value is -3.20. The van der Waals surface area contributed by atoms with Gasteiger partial charge in [0.15, 0.2) is 5.78 Å². The van der Waals surface area contributed by atoms with Gasteiger partial charge in [-0.3, -0.25) is 19.4 Å². The zero-order chi connectivity index (χ0) is 34.8. The minimum atomic E-state index is -3.46. The number of furan rings is 1. The Morgan fingerprint density at radius 3 is 2.43 bits per heavy atom. The molecule has 3 heterocycles. The SMILES string of the molecule is CS(=O)(=O)N1CCCN(C(OC2CCC(C=O)CC2)(C(=O)Cc2cc(Cl)c(NC(=O)c3coc4ccccc34)cc2F)N2CCCC2)CC1. The second-order valence-electron chi connectivity index (χ2n) is 13.2. The van der Waals surface area contributed by atoms with Gasteiger partial charge < -0.3 is 19.3 Å². The lowest BCUT2D eigenvalue weighted by Crippen LogP contribution is -2.68. The van der Waals surface area contributed by atoms with E-state index in [1.54, 1.807) is 24.3 Å². The van der Waals surface area contributed by atoms with Crippen molar-refractivity contribution in [3.05, 3.63) is 64.6 Å². The number of amides is 1. The van der Waals surface area contributed by atoms with Crippen LogP contribution in [0.4, 0.5) is 10.1 Å². The number of hydrogen-bond donors (Lipinski definition) is 1. The van der Waals surface area contributed by atoms with Crippen molar-refractivity contribution >= 4 is 56.3 Å². The Bertz CT molecular complexity index is 1810. The molecule has 2 aliphatic heterocycles. The molecule has 264 valence electrons. The number of nitrogens with zero attached hydrogens (tertiary/aromatic N) is 3. The van der Waals surface area contributed by atoms with Crippen LogP contribution in [0.3, 0.4) is 0 Å². The maximum atomic E-state index is 15.9. The summed E-state index contributed by atoms with van der Waals surface area (Å²) in [5.74, 6) is -3.25. The zero-order valence-electron chi connectivity index (χ0n) is 27.5. The number of nitrogens with one attached hydrogen (secondary N) is 1. The molecule has 1 unspecified atom stereocenters. The summed E-state index contributed by atoms with van der Waals surface area (Å²) in [6, 6.07) is 9.52. The van der Waals surface area contributed by atoms with Crippen LogP contribution in [0, 0.1) is 11.7 Å². The van der Waals surface area contributed by atoms with E-state index in [0.29, 0.717) is 69.3 Å². The fourth-order valence-electron chi connectivity index (χ4n) is 7.34. The largest absolute Gasteiger partial charge is 0.463 e. The highest BCUT2D eigenvalue weighted by Gasteiger charge is 2.52. The van der Waals surface area contributed by atoms with Gasteiger partial charge in [0, 0.05) is 57.0 Å². The molecule has 0 radical (unpaired) electrons. The predicted molar refractivity (Wildman–Crippen MR) is 183 cm³/mol. The Labute approximate surface area is 290 Å². The van der Waals surface area contributed by atoms with E-state index in [2.05, 4.69) is 5.32 Å². The van der Waals surface area contributed by atoms with Gasteiger partial charge in [-0.2, -0.15) is 0 Å². The molecule has 1 N–H and O–H groups in total. The van der Waals surface area contributed by atoms with E-state index in [1.807, 2.05) is 9.80 Å². The van der Waals surface area contributed by atoms with E-state index in [0.717, 1.165) is 25.2 Å². The molecule has 6 rings (SSSR count). The van der Waals surface area contributed by atoms with Gasteiger partial charge in [0.2, 0.25) is 15.9 Å². The molecule has 1 aliphatic carbocycles. The molecular formula is C35H42ClFN4O7S. The molecular weight excluding hydrogens is 675 g/mol. The standard InChI is InChI=1S/C35H42ClFN4O7S/c1-49(45,46)41-16-6-15-40(17-18-41)35(39-13-4-5-14-39,48-26-11-9-24(22-42)10-12-26)33(43)20-25-19-29(36)31(21-30(25)37)38-34(44)28-23-47-32-8-3-2-7-27(28)32/h2-3,7-8,19,21-24,26H,4-6,9-18,20H2,1H3,(H,38,44). The highest BCUT2D eigenvalue weighted by atomic mass is 35.5. The number of para-hydroxylation sites is 1. The van der Waals surface area contributed by atoms with Crippen LogP contribution in [0.25, 0.3) is 11.0 Å². The molecule has 3 fully saturated rings. The van der Waals surface area contributed by atoms with Crippen molar-refractivity contribution in [2.45, 2.75) is 63.3 Å². The van der Waals surface area contributed by atoms with E-state index in [4.69, 9.17) is 20.8 Å². The Morgan fingerprint density at radius 2 is 1.71 bits per heavy atom. The predicted octanol–water partition coefficient (Wildman–Crippen LogP) is 5.08. The van der Waals surface area contributed by atoms with E-state index in [1.165, 1.54) is 22.9 Å². The number of carbonyl (C=O) groups excluding carboxylic acids is 3. The highest BCUT2D eigenvalue weighted by Crippen LogP contribution is 2.37. The molecule has 0 spiro atoms. The average molecular weight is 717 g/mol. The number of rotatable bonds is 11. The molecule has 2 aromatic carbocycles. The second kappa shape index (κ2) is 15.0. The van der Waals surface area contributed by atoms with Crippen LogP contribution < -0.4 is 5.32 Å².